The number of nitrogens with zero attached hydrogens (tertiary/aromatic N) is 2. The highest BCUT2D eigenvalue weighted by atomic mass is 19.1. The van der Waals surface area contributed by atoms with Gasteiger partial charge < -0.3 is 4.74 Å². The van der Waals surface area contributed by atoms with Crippen LogP contribution in [0.15, 0.2) is 34.5 Å². The maximum atomic E-state index is 12.6. The first-order valence-electron chi connectivity index (χ1n) is 5.13. The van der Waals surface area contributed by atoms with Crippen molar-refractivity contribution in [3.63, 3.8) is 0 Å². The van der Waals surface area contributed by atoms with Crippen LogP contribution in [0.3, 0.4) is 0 Å². The number of benzene rings is 1. The summed E-state index contributed by atoms with van der Waals surface area (Å²) >= 11 is 0. The van der Waals surface area contributed by atoms with E-state index in [1.165, 1.54) is 12.1 Å². The molecular weight excluding hydrogens is 207 g/mol. The summed E-state index contributed by atoms with van der Waals surface area (Å²) < 4.78 is 18.0. The number of ether oxygens (including phenoxy) is 1. The summed E-state index contributed by atoms with van der Waals surface area (Å²) in [4.78, 5) is 0. The van der Waals surface area contributed by atoms with Gasteiger partial charge in [0.25, 0.3) is 0 Å². The van der Waals surface area contributed by atoms with E-state index in [2.05, 4.69) is 10.2 Å². The molecule has 0 N–H and O–H groups in total. The molecule has 0 saturated carbocycles. The Balaban J connectivity index is 2.64. The van der Waals surface area contributed by atoms with Crippen molar-refractivity contribution in [3.05, 3.63) is 30.1 Å². The van der Waals surface area contributed by atoms with E-state index in [-0.39, 0.29) is 5.82 Å². The third-order valence-corrected chi connectivity index (χ3v) is 1.95. The monoisotopic (exact) mass is 222 g/mol. The van der Waals surface area contributed by atoms with Gasteiger partial charge in [-0.25, -0.2) is 4.39 Å². The zero-order valence-corrected chi connectivity index (χ0v) is 9.70. The van der Waals surface area contributed by atoms with Crippen LogP contribution in [-0.2, 0) is 0 Å². The molecule has 1 rings (SSSR count). The van der Waals surface area contributed by atoms with Crippen molar-refractivity contribution >= 4 is 11.6 Å². The Kier molecular flexibility index (Phi) is 4.64. The van der Waals surface area contributed by atoms with Crippen molar-refractivity contribution in [1.29, 1.82) is 0 Å². The van der Waals surface area contributed by atoms with Gasteiger partial charge in [-0.2, -0.15) is 5.10 Å². The molecule has 0 aliphatic carbocycles. The third kappa shape index (κ3) is 4.21. The van der Waals surface area contributed by atoms with Gasteiger partial charge in [0.15, 0.2) is 0 Å². The summed E-state index contributed by atoms with van der Waals surface area (Å²) in [6.07, 6.45) is 0.854. The first-order valence-corrected chi connectivity index (χ1v) is 5.13. The summed E-state index contributed by atoms with van der Waals surface area (Å²) in [5.74, 6) is 0.688. The Labute approximate surface area is 94.7 Å². The normalized spacial score (nSPS) is 12.8. The Hall–Kier alpha value is -1.71. The fourth-order valence-electron chi connectivity index (χ4n) is 0.920. The maximum absolute atomic E-state index is 12.6. The van der Waals surface area contributed by atoms with Crippen molar-refractivity contribution < 1.29 is 9.13 Å². The smallest absolute Gasteiger partial charge is 0.211 e. The summed E-state index contributed by atoms with van der Waals surface area (Å²) in [5, 5.41) is 7.86. The molecule has 0 saturated heterocycles. The zero-order chi connectivity index (χ0) is 12.0. The van der Waals surface area contributed by atoms with Gasteiger partial charge in [0.05, 0.1) is 0 Å². The quantitative estimate of drug-likeness (QED) is 0.438. The van der Waals surface area contributed by atoms with Gasteiger partial charge in [0, 0.05) is 12.6 Å². The van der Waals surface area contributed by atoms with Crippen LogP contribution in [0.1, 0.15) is 27.2 Å². The zero-order valence-electron chi connectivity index (χ0n) is 9.70. The predicted molar refractivity (Wildman–Crippen MR) is 63.5 cm³/mol. The van der Waals surface area contributed by atoms with Gasteiger partial charge in [-0.05, 0) is 37.6 Å². The molecule has 16 heavy (non-hydrogen) atoms. The minimum absolute atomic E-state index is 0.290. The van der Waals surface area contributed by atoms with Gasteiger partial charge in [-0.1, -0.05) is 6.92 Å². The molecule has 0 aliphatic heterocycles. The molecule has 0 atom stereocenters. The van der Waals surface area contributed by atoms with Gasteiger partial charge in [0.2, 0.25) is 5.90 Å². The van der Waals surface area contributed by atoms with Gasteiger partial charge in [0.1, 0.15) is 11.6 Å². The third-order valence-electron chi connectivity index (χ3n) is 1.95. The number of halogens is 1. The van der Waals surface area contributed by atoms with E-state index in [1.54, 1.807) is 19.1 Å². The standard InChI is InChI=1S/C12H15FN2O/c1-4-9(2)14-15-10(3)16-12-7-5-11(13)6-8-12/h5-8H,4H2,1-3H3/b14-9+,15-10+. The first-order chi connectivity index (χ1) is 7.61. The molecule has 0 aromatic heterocycles. The summed E-state index contributed by atoms with van der Waals surface area (Å²) in [6.45, 7) is 5.61. The lowest BCUT2D eigenvalue weighted by Gasteiger charge is -2.02. The van der Waals surface area contributed by atoms with E-state index in [4.69, 9.17) is 4.74 Å². The highest BCUT2D eigenvalue weighted by molar-refractivity contribution is 5.83. The van der Waals surface area contributed by atoms with Crippen molar-refractivity contribution in [2.45, 2.75) is 27.2 Å². The molecule has 0 radical (unpaired) electrons. The van der Waals surface area contributed by atoms with Gasteiger partial charge in [-0.15, -0.1) is 5.10 Å². The summed E-state index contributed by atoms with van der Waals surface area (Å²) in [6, 6.07) is 5.77. The number of hydrogen-bond acceptors (Lipinski definition) is 3. The molecular formula is C12H15FN2O. The Morgan fingerprint density at radius 3 is 2.38 bits per heavy atom. The maximum Gasteiger partial charge on any atom is 0.211 e. The van der Waals surface area contributed by atoms with Crippen LogP contribution in [0, 0.1) is 5.82 Å². The molecule has 86 valence electrons. The van der Waals surface area contributed by atoms with Crippen LogP contribution in [0.5, 0.6) is 5.75 Å². The van der Waals surface area contributed by atoms with Crippen molar-refractivity contribution in [3.8, 4) is 5.75 Å². The highest BCUT2D eigenvalue weighted by Gasteiger charge is 1.96. The van der Waals surface area contributed by atoms with Crippen LogP contribution >= 0.6 is 0 Å². The minimum Gasteiger partial charge on any atom is -0.442 e. The molecule has 0 spiro atoms. The molecule has 0 aliphatic rings. The topological polar surface area (TPSA) is 34.0 Å². The lowest BCUT2D eigenvalue weighted by Crippen LogP contribution is -2.02. The van der Waals surface area contributed by atoms with E-state index in [0.29, 0.717) is 11.6 Å². The molecule has 0 fully saturated rings. The lowest BCUT2D eigenvalue weighted by atomic mass is 10.3. The van der Waals surface area contributed by atoms with E-state index in [0.717, 1.165) is 12.1 Å². The van der Waals surface area contributed by atoms with Crippen LogP contribution in [0.2, 0.25) is 0 Å². The molecule has 0 unspecified atom stereocenters. The second-order valence-electron chi connectivity index (χ2n) is 3.36. The van der Waals surface area contributed by atoms with Gasteiger partial charge >= 0.3 is 0 Å². The fourth-order valence-corrected chi connectivity index (χ4v) is 0.920. The largest absolute Gasteiger partial charge is 0.442 e. The van der Waals surface area contributed by atoms with E-state index >= 15 is 0 Å². The Morgan fingerprint density at radius 1 is 1.19 bits per heavy atom. The summed E-state index contributed by atoms with van der Waals surface area (Å²) in [5.41, 5.74) is 0.932. The molecule has 0 bridgehead atoms. The SMILES string of the molecule is CC/C(C)=N/N=C(\C)Oc1ccc(F)cc1. The fraction of sp³-hybridized carbons (Fsp3) is 0.333. The van der Waals surface area contributed by atoms with Crippen molar-refractivity contribution in [2.75, 3.05) is 0 Å². The van der Waals surface area contributed by atoms with E-state index in [1.807, 2.05) is 13.8 Å². The van der Waals surface area contributed by atoms with E-state index < -0.39 is 0 Å². The summed E-state index contributed by atoms with van der Waals surface area (Å²) in [7, 11) is 0. The minimum atomic E-state index is -0.290. The number of hydrogen-bond donors (Lipinski definition) is 0. The van der Waals surface area contributed by atoms with Crippen LogP contribution in [-0.4, -0.2) is 11.6 Å². The molecule has 1 aromatic carbocycles. The first kappa shape index (κ1) is 12.4. The average molecular weight is 222 g/mol. The van der Waals surface area contributed by atoms with Crippen LogP contribution in [0.4, 0.5) is 4.39 Å². The highest BCUT2D eigenvalue weighted by Crippen LogP contribution is 2.11. The Morgan fingerprint density at radius 2 is 1.81 bits per heavy atom. The molecule has 0 amide bonds. The molecule has 1 aromatic rings. The van der Waals surface area contributed by atoms with Crippen LogP contribution < -0.4 is 4.74 Å². The predicted octanol–water partition coefficient (Wildman–Crippen LogP) is 3.41. The molecule has 3 nitrogen and oxygen atoms in total. The van der Waals surface area contributed by atoms with Crippen molar-refractivity contribution in [1.82, 2.24) is 0 Å². The second kappa shape index (κ2) is 6.00. The molecule has 0 heterocycles. The van der Waals surface area contributed by atoms with E-state index in [9.17, 15) is 4.39 Å². The molecule has 4 heteroatoms. The Bertz CT molecular complexity index is 396. The lowest BCUT2D eigenvalue weighted by molar-refractivity contribution is 0.539. The second-order valence-corrected chi connectivity index (χ2v) is 3.36. The van der Waals surface area contributed by atoms with Gasteiger partial charge in [-0.3, -0.25) is 0 Å². The average Bonchev–Trinajstić information content (AvgIpc) is 2.29. The number of rotatable bonds is 3. The van der Waals surface area contributed by atoms with Crippen LogP contribution in [0.25, 0.3) is 0 Å². The van der Waals surface area contributed by atoms with Crippen molar-refractivity contribution in [2.24, 2.45) is 10.2 Å².